The first-order valence-corrected chi connectivity index (χ1v) is 10.4. The van der Waals surface area contributed by atoms with E-state index in [4.69, 9.17) is 4.74 Å². The average Bonchev–Trinajstić information content (AvgIpc) is 3.21. The summed E-state index contributed by atoms with van der Waals surface area (Å²) in [4.78, 5) is 15.9. The van der Waals surface area contributed by atoms with Crippen LogP contribution in [0, 0.1) is 0 Å². The van der Waals surface area contributed by atoms with Crippen LogP contribution in [0.4, 0.5) is 4.39 Å². The fourth-order valence-electron chi connectivity index (χ4n) is 4.05. The predicted molar refractivity (Wildman–Crippen MR) is 123 cm³/mol. The van der Waals surface area contributed by atoms with Crippen LogP contribution < -0.4 is 0 Å². The molecular formula is C26H25FN2O3. The molecule has 0 saturated carbocycles. The third kappa shape index (κ3) is 3.89. The maximum Gasteiger partial charge on any atom is 0.310 e. The molecule has 0 aliphatic carbocycles. The number of pyridine rings is 1. The van der Waals surface area contributed by atoms with E-state index in [9.17, 15) is 14.3 Å². The third-order valence-corrected chi connectivity index (χ3v) is 5.92. The van der Waals surface area contributed by atoms with Crippen molar-refractivity contribution in [3.63, 3.8) is 0 Å². The number of carboxylic acid groups (broad SMARTS) is 1. The molecule has 32 heavy (non-hydrogen) atoms. The number of aliphatic carboxylic acids is 1. The largest absolute Gasteiger partial charge is 0.481 e. The molecular weight excluding hydrogens is 407 g/mol. The van der Waals surface area contributed by atoms with Crippen LogP contribution in [0.1, 0.15) is 42.7 Å². The average molecular weight is 432 g/mol. The SMILES string of the molecule is COC(C)c1cc2cc(-c3ccc(CF)cc3C(C)C(=O)O)ccc2n1-c1cccnc1. The van der Waals surface area contributed by atoms with E-state index in [1.165, 1.54) is 0 Å². The molecule has 2 aromatic heterocycles. The van der Waals surface area contributed by atoms with Gasteiger partial charge in [0.15, 0.2) is 0 Å². The van der Waals surface area contributed by atoms with Crippen molar-refractivity contribution >= 4 is 16.9 Å². The van der Waals surface area contributed by atoms with Gasteiger partial charge in [-0.25, -0.2) is 4.39 Å². The second-order valence-corrected chi connectivity index (χ2v) is 7.88. The summed E-state index contributed by atoms with van der Waals surface area (Å²) in [6.45, 7) is 2.98. The molecule has 5 nitrogen and oxygen atoms in total. The zero-order valence-corrected chi connectivity index (χ0v) is 18.2. The highest BCUT2D eigenvalue weighted by atomic mass is 19.1. The van der Waals surface area contributed by atoms with E-state index in [2.05, 4.69) is 15.6 Å². The van der Waals surface area contributed by atoms with Crippen molar-refractivity contribution in [1.29, 1.82) is 0 Å². The van der Waals surface area contributed by atoms with Gasteiger partial charge in [-0.3, -0.25) is 9.78 Å². The van der Waals surface area contributed by atoms with Crippen LogP contribution >= 0.6 is 0 Å². The first-order valence-electron chi connectivity index (χ1n) is 10.4. The van der Waals surface area contributed by atoms with E-state index >= 15 is 0 Å². The minimum atomic E-state index is -0.942. The Bertz CT molecular complexity index is 1270. The Balaban J connectivity index is 1.92. The normalized spacial score (nSPS) is 13.2. The Labute approximate surface area is 186 Å². The van der Waals surface area contributed by atoms with Gasteiger partial charge in [-0.2, -0.15) is 0 Å². The fraction of sp³-hybridized carbons (Fsp3) is 0.231. The van der Waals surface area contributed by atoms with Crippen LogP contribution in [-0.4, -0.2) is 27.7 Å². The summed E-state index contributed by atoms with van der Waals surface area (Å²) < 4.78 is 21.0. The van der Waals surface area contributed by atoms with Gasteiger partial charge in [0, 0.05) is 18.7 Å². The number of hydrogen-bond donors (Lipinski definition) is 1. The lowest BCUT2D eigenvalue weighted by molar-refractivity contribution is -0.138. The van der Waals surface area contributed by atoms with Crippen LogP contribution in [0.15, 0.2) is 67.0 Å². The molecule has 0 aliphatic heterocycles. The number of ether oxygens (including phenoxy) is 1. The maximum absolute atomic E-state index is 13.3. The van der Waals surface area contributed by atoms with Gasteiger partial charge in [-0.05, 0) is 66.4 Å². The van der Waals surface area contributed by atoms with Crippen molar-refractivity contribution in [3.8, 4) is 16.8 Å². The van der Waals surface area contributed by atoms with E-state index in [0.717, 1.165) is 33.4 Å². The van der Waals surface area contributed by atoms with E-state index < -0.39 is 18.6 Å². The first-order chi connectivity index (χ1) is 15.4. The molecule has 2 heterocycles. The van der Waals surface area contributed by atoms with Gasteiger partial charge in [0.25, 0.3) is 0 Å². The fourth-order valence-corrected chi connectivity index (χ4v) is 4.05. The number of aromatic nitrogens is 2. The Hall–Kier alpha value is -3.51. The highest BCUT2D eigenvalue weighted by molar-refractivity contribution is 5.90. The minimum Gasteiger partial charge on any atom is -0.481 e. The maximum atomic E-state index is 13.3. The van der Waals surface area contributed by atoms with Crippen LogP contribution in [0.2, 0.25) is 0 Å². The Morgan fingerprint density at radius 3 is 2.62 bits per heavy atom. The second kappa shape index (κ2) is 8.93. The highest BCUT2D eigenvalue weighted by Gasteiger charge is 2.21. The Kier molecular flexibility index (Phi) is 6.06. The zero-order chi connectivity index (χ0) is 22.8. The molecule has 4 rings (SSSR count). The summed E-state index contributed by atoms with van der Waals surface area (Å²) in [6, 6.07) is 17.2. The summed E-state index contributed by atoms with van der Waals surface area (Å²) in [6.07, 6.45) is 3.40. The van der Waals surface area contributed by atoms with E-state index in [1.54, 1.807) is 32.4 Å². The van der Waals surface area contributed by atoms with E-state index in [-0.39, 0.29) is 6.10 Å². The van der Waals surface area contributed by atoms with Gasteiger partial charge in [0.05, 0.1) is 35.1 Å². The second-order valence-electron chi connectivity index (χ2n) is 7.88. The van der Waals surface area contributed by atoms with Crippen LogP contribution in [-0.2, 0) is 16.2 Å². The number of alkyl halides is 1. The molecule has 0 fully saturated rings. The highest BCUT2D eigenvalue weighted by Crippen LogP contribution is 2.35. The van der Waals surface area contributed by atoms with Gasteiger partial charge in [0.1, 0.15) is 6.67 Å². The predicted octanol–water partition coefficient (Wildman–Crippen LogP) is 6.06. The Morgan fingerprint density at radius 2 is 1.97 bits per heavy atom. The molecule has 1 N–H and O–H groups in total. The number of nitrogens with zero attached hydrogens (tertiary/aromatic N) is 2. The van der Waals surface area contributed by atoms with Crippen LogP contribution in [0.25, 0.3) is 27.7 Å². The quantitative estimate of drug-likeness (QED) is 0.386. The number of carbonyl (C=O) groups is 1. The van der Waals surface area contributed by atoms with E-state index in [1.807, 2.05) is 49.5 Å². The van der Waals surface area contributed by atoms with Crippen molar-refractivity contribution in [1.82, 2.24) is 9.55 Å². The minimum absolute atomic E-state index is 0.141. The van der Waals surface area contributed by atoms with Gasteiger partial charge in [0.2, 0.25) is 0 Å². The molecule has 4 aromatic rings. The lowest BCUT2D eigenvalue weighted by Gasteiger charge is -2.16. The summed E-state index contributed by atoms with van der Waals surface area (Å²) in [5.74, 6) is -1.70. The van der Waals surface area contributed by atoms with Crippen LogP contribution in [0.3, 0.4) is 0 Å². The molecule has 6 heteroatoms. The molecule has 0 radical (unpaired) electrons. The van der Waals surface area contributed by atoms with E-state index in [0.29, 0.717) is 11.1 Å². The molecule has 164 valence electrons. The number of hydrogen-bond acceptors (Lipinski definition) is 3. The lowest BCUT2D eigenvalue weighted by atomic mass is 9.90. The summed E-state index contributed by atoms with van der Waals surface area (Å²) in [5, 5.41) is 10.6. The third-order valence-electron chi connectivity index (χ3n) is 5.92. The first kappa shape index (κ1) is 21.7. The number of carboxylic acids is 1. The summed E-state index contributed by atoms with van der Waals surface area (Å²) in [5.41, 5.74) is 5.65. The summed E-state index contributed by atoms with van der Waals surface area (Å²) >= 11 is 0. The molecule has 2 unspecified atom stereocenters. The van der Waals surface area contributed by atoms with Crippen molar-refractivity contribution in [2.24, 2.45) is 0 Å². The van der Waals surface area contributed by atoms with Crippen molar-refractivity contribution in [2.75, 3.05) is 7.11 Å². The molecule has 0 saturated heterocycles. The standard InChI is InChI=1S/C26H25FN2O3/c1-16(26(30)31)23-11-18(14-27)6-8-22(23)19-7-9-24-20(12-19)13-25(17(2)32-3)29(24)21-5-4-10-28-15-21/h4-13,15-17H,14H2,1-3H3,(H,30,31). The number of rotatable bonds is 7. The molecule has 0 spiro atoms. The van der Waals surface area contributed by atoms with Gasteiger partial charge in [-0.1, -0.05) is 24.3 Å². The molecule has 2 aromatic carbocycles. The Morgan fingerprint density at radius 1 is 1.16 bits per heavy atom. The topological polar surface area (TPSA) is 64.3 Å². The molecule has 0 amide bonds. The van der Waals surface area contributed by atoms with Crippen molar-refractivity contribution < 1.29 is 19.0 Å². The zero-order valence-electron chi connectivity index (χ0n) is 18.2. The van der Waals surface area contributed by atoms with Crippen molar-refractivity contribution in [3.05, 3.63) is 83.8 Å². The number of methoxy groups -OCH3 is 1. The molecule has 0 aliphatic rings. The smallest absolute Gasteiger partial charge is 0.310 e. The van der Waals surface area contributed by atoms with Gasteiger partial charge >= 0.3 is 5.97 Å². The number of fused-ring (bicyclic) bond motifs is 1. The van der Waals surface area contributed by atoms with Crippen LogP contribution in [0.5, 0.6) is 0 Å². The lowest BCUT2D eigenvalue weighted by Crippen LogP contribution is -2.09. The summed E-state index contributed by atoms with van der Waals surface area (Å²) in [7, 11) is 1.67. The molecule has 2 atom stereocenters. The van der Waals surface area contributed by atoms with Gasteiger partial charge in [-0.15, -0.1) is 0 Å². The van der Waals surface area contributed by atoms with Crippen molar-refractivity contribution in [2.45, 2.75) is 32.5 Å². The number of benzene rings is 2. The molecule has 0 bridgehead atoms. The monoisotopic (exact) mass is 432 g/mol. The van der Waals surface area contributed by atoms with Gasteiger partial charge < -0.3 is 14.4 Å². The number of halogens is 1.